The van der Waals surface area contributed by atoms with Crippen LogP contribution in [0.5, 0.6) is 17.2 Å². The van der Waals surface area contributed by atoms with Crippen molar-refractivity contribution in [1.82, 2.24) is 9.88 Å². The first kappa shape index (κ1) is 25.6. The first-order valence-corrected chi connectivity index (χ1v) is 11.9. The van der Waals surface area contributed by atoms with Crippen molar-refractivity contribution >= 4 is 29.6 Å². The minimum atomic E-state index is -0.856. The standard InChI is InChI=1S/C28H29N3O6/c1-6-36-22-12-13-25(37-7-2)24(16-22)31-27(33)23(26(32)29-28(31)34)15-19-14-17(3)30(18(19)4)20-8-10-21(35-5)11-9-20/h8-16H,6-7H2,1-5H3,(H,29,32,34)/b23-15+. The Hall–Kier alpha value is -4.53. The van der Waals surface area contributed by atoms with Crippen LogP contribution in [0, 0.1) is 13.8 Å². The summed E-state index contributed by atoms with van der Waals surface area (Å²) in [5, 5.41) is 2.28. The van der Waals surface area contributed by atoms with Crippen LogP contribution in [0.25, 0.3) is 11.8 Å². The third-order valence-electron chi connectivity index (χ3n) is 5.98. The fraction of sp³-hybridized carbons (Fsp3) is 0.250. The Bertz CT molecular complexity index is 1390. The predicted octanol–water partition coefficient (Wildman–Crippen LogP) is 4.57. The molecule has 1 aromatic heterocycles. The molecule has 0 radical (unpaired) electrons. The van der Waals surface area contributed by atoms with Crippen molar-refractivity contribution in [3.63, 3.8) is 0 Å². The van der Waals surface area contributed by atoms with Crippen molar-refractivity contribution in [2.24, 2.45) is 0 Å². The number of carbonyl (C=O) groups excluding carboxylic acids is 3. The number of barbiturate groups is 1. The average molecular weight is 504 g/mol. The molecule has 1 aliphatic heterocycles. The molecule has 0 bridgehead atoms. The average Bonchev–Trinajstić information content (AvgIpc) is 3.16. The first-order valence-electron chi connectivity index (χ1n) is 11.9. The molecule has 0 spiro atoms. The number of rotatable bonds is 8. The van der Waals surface area contributed by atoms with Crippen LogP contribution >= 0.6 is 0 Å². The zero-order chi connectivity index (χ0) is 26.7. The Morgan fingerprint density at radius 1 is 0.892 bits per heavy atom. The minimum Gasteiger partial charge on any atom is -0.497 e. The smallest absolute Gasteiger partial charge is 0.336 e. The van der Waals surface area contributed by atoms with Gasteiger partial charge in [-0.15, -0.1) is 0 Å². The van der Waals surface area contributed by atoms with Gasteiger partial charge in [0.1, 0.15) is 22.8 Å². The van der Waals surface area contributed by atoms with Crippen LogP contribution in [0.3, 0.4) is 0 Å². The normalized spacial score (nSPS) is 14.7. The van der Waals surface area contributed by atoms with Crippen molar-refractivity contribution < 1.29 is 28.6 Å². The molecule has 1 fully saturated rings. The maximum Gasteiger partial charge on any atom is 0.336 e. The van der Waals surface area contributed by atoms with Gasteiger partial charge >= 0.3 is 6.03 Å². The van der Waals surface area contributed by atoms with Crippen molar-refractivity contribution in [3.8, 4) is 22.9 Å². The third-order valence-corrected chi connectivity index (χ3v) is 5.98. The molecule has 37 heavy (non-hydrogen) atoms. The molecule has 1 N–H and O–H groups in total. The van der Waals surface area contributed by atoms with E-state index in [2.05, 4.69) is 5.32 Å². The summed E-state index contributed by atoms with van der Waals surface area (Å²) < 4.78 is 18.5. The Morgan fingerprint density at radius 3 is 2.22 bits per heavy atom. The lowest BCUT2D eigenvalue weighted by molar-refractivity contribution is -0.122. The van der Waals surface area contributed by atoms with Crippen molar-refractivity contribution in [3.05, 3.63) is 71.1 Å². The fourth-order valence-electron chi connectivity index (χ4n) is 4.30. The summed E-state index contributed by atoms with van der Waals surface area (Å²) in [5.41, 5.74) is 3.35. The Kier molecular flexibility index (Phi) is 7.33. The van der Waals surface area contributed by atoms with Gasteiger partial charge in [0.15, 0.2) is 0 Å². The Balaban J connectivity index is 1.76. The lowest BCUT2D eigenvalue weighted by Crippen LogP contribution is -2.54. The largest absolute Gasteiger partial charge is 0.497 e. The molecule has 2 heterocycles. The van der Waals surface area contributed by atoms with Gasteiger partial charge in [-0.2, -0.15) is 0 Å². The predicted molar refractivity (Wildman–Crippen MR) is 140 cm³/mol. The molecule has 1 aliphatic rings. The van der Waals surface area contributed by atoms with Crippen LogP contribution < -0.4 is 24.4 Å². The van der Waals surface area contributed by atoms with E-state index in [0.717, 1.165) is 27.7 Å². The highest BCUT2D eigenvalue weighted by atomic mass is 16.5. The molecule has 0 saturated carbocycles. The van der Waals surface area contributed by atoms with Gasteiger partial charge in [-0.1, -0.05) is 0 Å². The highest BCUT2D eigenvalue weighted by molar-refractivity contribution is 6.39. The number of anilines is 1. The second kappa shape index (κ2) is 10.6. The summed E-state index contributed by atoms with van der Waals surface area (Å²) in [4.78, 5) is 40.1. The van der Waals surface area contributed by atoms with E-state index < -0.39 is 17.8 Å². The molecule has 0 unspecified atom stereocenters. The lowest BCUT2D eigenvalue weighted by Gasteiger charge is -2.28. The van der Waals surface area contributed by atoms with Crippen LogP contribution in [0.1, 0.15) is 30.8 Å². The second-order valence-corrected chi connectivity index (χ2v) is 8.31. The molecular formula is C28H29N3O6. The molecule has 3 aromatic rings. The molecule has 4 amide bonds. The summed E-state index contributed by atoms with van der Waals surface area (Å²) in [6.07, 6.45) is 1.51. The number of methoxy groups -OCH3 is 1. The number of ether oxygens (including phenoxy) is 3. The van der Waals surface area contributed by atoms with E-state index >= 15 is 0 Å². The van der Waals surface area contributed by atoms with Crippen LogP contribution in [0.2, 0.25) is 0 Å². The monoisotopic (exact) mass is 503 g/mol. The van der Waals surface area contributed by atoms with Gasteiger partial charge in [-0.05, 0) is 81.8 Å². The molecule has 4 rings (SSSR count). The van der Waals surface area contributed by atoms with E-state index in [0.29, 0.717) is 30.3 Å². The summed E-state index contributed by atoms with van der Waals surface area (Å²) in [7, 11) is 1.61. The van der Waals surface area contributed by atoms with E-state index in [4.69, 9.17) is 14.2 Å². The van der Waals surface area contributed by atoms with Gasteiger partial charge in [0.25, 0.3) is 11.8 Å². The zero-order valence-electron chi connectivity index (χ0n) is 21.5. The maximum absolute atomic E-state index is 13.6. The topological polar surface area (TPSA) is 99.1 Å². The number of nitrogens with zero attached hydrogens (tertiary/aromatic N) is 2. The molecule has 9 heteroatoms. The minimum absolute atomic E-state index is 0.168. The number of aromatic nitrogens is 1. The summed E-state index contributed by atoms with van der Waals surface area (Å²) >= 11 is 0. The SMILES string of the molecule is CCOc1ccc(OCC)c(N2C(=O)NC(=O)/C(=C\c3cc(C)n(-c4ccc(OC)cc4)c3C)C2=O)c1. The van der Waals surface area contributed by atoms with Crippen LogP contribution in [0.15, 0.2) is 54.1 Å². The molecule has 2 aromatic carbocycles. The number of urea groups is 1. The summed E-state index contributed by atoms with van der Waals surface area (Å²) in [5.74, 6) is 0.00694. The highest BCUT2D eigenvalue weighted by Gasteiger charge is 2.38. The number of imide groups is 2. The molecule has 0 atom stereocenters. The quantitative estimate of drug-likeness (QED) is 0.357. The molecule has 0 aliphatic carbocycles. The molecular weight excluding hydrogens is 474 g/mol. The van der Waals surface area contributed by atoms with Gasteiger partial charge < -0.3 is 18.8 Å². The number of hydrogen-bond acceptors (Lipinski definition) is 6. The van der Waals surface area contributed by atoms with Gasteiger partial charge in [-0.25, -0.2) is 9.69 Å². The lowest BCUT2D eigenvalue weighted by atomic mass is 10.1. The maximum atomic E-state index is 13.6. The molecule has 1 saturated heterocycles. The Morgan fingerprint density at radius 2 is 1.57 bits per heavy atom. The summed E-state index contributed by atoms with van der Waals surface area (Å²) in [6, 6.07) is 13.5. The van der Waals surface area contributed by atoms with Crippen LogP contribution in [0.4, 0.5) is 10.5 Å². The van der Waals surface area contributed by atoms with E-state index in [1.807, 2.05) is 55.7 Å². The van der Waals surface area contributed by atoms with Gasteiger partial charge in [0.2, 0.25) is 0 Å². The first-order chi connectivity index (χ1) is 17.8. The summed E-state index contributed by atoms with van der Waals surface area (Å²) in [6.45, 7) is 8.19. The number of aryl methyl sites for hydroxylation is 1. The Labute approximate surface area is 215 Å². The van der Waals surface area contributed by atoms with Crippen LogP contribution in [-0.4, -0.2) is 42.7 Å². The molecule has 9 nitrogen and oxygen atoms in total. The second-order valence-electron chi connectivity index (χ2n) is 8.31. The van der Waals surface area contributed by atoms with Crippen molar-refractivity contribution in [1.29, 1.82) is 0 Å². The van der Waals surface area contributed by atoms with E-state index in [1.54, 1.807) is 32.2 Å². The number of carbonyl (C=O) groups is 3. The number of amides is 4. The van der Waals surface area contributed by atoms with Gasteiger partial charge in [0, 0.05) is 23.1 Å². The number of benzene rings is 2. The van der Waals surface area contributed by atoms with E-state index in [1.165, 1.54) is 6.08 Å². The van der Waals surface area contributed by atoms with Gasteiger partial charge in [0.05, 0.1) is 26.0 Å². The van der Waals surface area contributed by atoms with E-state index in [9.17, 15) is 14.4 Å². The zero-order valence-corrected chi connectivity index (χ0v) is 21.5. The van der Waals surface area contributed by atoms with Crippen molar-refractivity contribution in [2.75, 3.05) is 25.2 Å². The van der Waals surface area contributed by atoms with Crippen molar-refractivity contribution in [2.45, 2.75) is 27.7 Å². The van der Waals surface area contributed by atoms with Crippen LogP contribution in [-0.2, 0) is 9.59 Å². The number of nitrogens with one attached hydrogen (secondary N) is 1. The molecule has 192 valence electrons. The van der Waals surface area contributed by atoms with Gasteiger partial charge in [-0.3, -0.25) is 14.9 Å². The fourth-order valence-corrected chi connectivity index (χ4v) is 4.30. The highest BCUT2D eigenvalue weighted by Crippen LogP contribution is 2.35. The van der Waals surface area contributed by atoms with E-state index in [-0.39, 0.29) is 11.3 Å². The number of hydrogen-bond donors (Lipinski definition) is 1. The third kappa shape index (κ3) is 4.93.